The number of hydrogen-bond acceptors (Lipinski definition) is 3. The lowest BCUT2D eigenvalue weighted by Gasteiger charge is -2.41. The summed E-state index contributed by atoms with van der Waals surface area (Å²) >= 11 is 0. The molecule has 2 aromatic carbocycles. The Kier molecular flexibility index (Phi) is 8.77. The molecule has 1 N–H and O–H groups in total. The van der Waals surface area contributed by atoms with Gasteiger partial charge >= 0.3 is 0 Å². The summed E-state index contributed by atoms with van der Waals surface area (Å²) in [6, 6.07) is 18.8. The molecule has 2 aromatic rings. The zero-order valence-electron chi connectivity index (χ0n) is 18.9. The molecule has 0 aliphatic carbocycles. The maximum atomic E-state index is 12.3. The van der Waals surface area contributed by atoms with Crippen molar-refractivity contribution in [2.75, 3.05) is 26.2 Å². The highest BCUT2D eigenvalue weighted by molar-refractivity contribution is 5.35. The quantitative estimate of drug-likeness (QED) is 0.454. The summed E-state index contributed by atoms with van der Waals surface area (Å²) in [4.78, 5) is 2.56. The molecule has 0 bridgehead atoms. The van der Waals surface area contributed by atoms with Crippen molar-refractivity contribution >= 4 is 0 Å². The average Bonchev–Trinajstić information content (AvgIpc) is 2.79. The van der Waals surface area contributed by atoms with Crippen LogP contribution < -0.4 is 4.74 Å². The Bertz CT molecular complexity index is 724. The standard InChI is InChI=1S/C27H39NO2/c1-3-5-10-19-27(29,24-15-17-25(18-16-24)30-4-2)26(23-13-8-6-9-14-23)22-28-20-11-7-12-21-28/h6,8-9,13-18,26,29H,3-5,7,10-12,19-22H2,1-2H3/t26-,27+/m0/s1. The van der Waals surface area contributed by atoms with E-state index >= 15 is 0 Å². The Balaban J connectivity index is 1.96. The van der Waals surface area contributed by atoms with Crippen LogP contribution in [-0.2, 0) is 5.60 Å². The van der Waals surface area contributed by atoms with Gasteiger partial charge in [0.25, 0.3) is 0 Å². The van der Waals surface area contributed by atoms with E-state index in [0.29, 0.717) is 6.61 Å². The minimum atomic E-state index is -0.890. The van der Waals surface area contributed by atoms with Crippen molar-refractivity contribution < 1.29 is 9.84 Å². The van der Waals surface area contributed by atoms with E-state index in [-0.39, 0.29) is 5.92 Å². The highest BCUT2D eigenvalue weighted by atomic mass is 16.5. The maximum Gasteiger partial charge on any atom is 0.119 e. The number of aliphatic hydroxyl groups is 1. The molecule has 2 atom stereocenters. The summed E-state index contributed by atoms with van der Waals surface area (Å²) in [5.41, 5.74) is 1.35. The van der Waals surface area contributed by atoms with Gasteiger partial charge in [0.2, 0.25) is 0 Å². The van der Waals surface area contributed by atoms with Crippen molar-refractivity contribution in [3.63, 3.8) is 0 Å². The molecule has 3 heteroatoms. The van der Waals surface area contributed by atoms with Crippen molar-refractivity contribution in [1.29, 1.82) is 0 Å². The van der Waals surface area contributed by atoms with Gasteiger partial charge in [0.15, 0.2) is 0 Å². The fourth-order valence-corrected chi connectivity index (χ4v) is 4.79. The largest absolute Gasteiger partial charge is 0.494 e. The lowest BCUT2D eigenvalue weighted by Crippen LogP contribution is -2.42. The number of rotatable bonds is 11. The third-order valence-corrected chi connectivity index (χ3v) is 6.49. The molecule has 0 aromatic heterocycles. The average molecular weight is 410 g/mol. The molecule has 0 unspecified atom stereocenters. The van der Waals surface area contributed by atoms with Crippen LogP contribution in [0.4, 0.5) is 0 Å². The molecule has 1 aliphatic heterocycles. The highest BCUT2D eigenvalue weighted by Crippen LogP contribution is 2.42. The fraction of sp³-hybridized carbons (Fsp3) is 0.556. The monoisotopic (exact) mass is 409 g/mol. The Morgan fingerprint density at radius 3 is 2.27 bits per heavy atom. The number of benzene rings is 2. The van der Waals surface area contributed by atoms with E-state index in [2.05, 4.69) is 54.3 Å². The van der Waals surface area contributed by atoms with Crippen LogP contribution in [0.25, 0.3) is 0 Å². The third kappa shape index (κ3) is 5.86. The lowest BCUT2D eigenvalue weighted by atomic mass is 9.73. The molecule has 3 rings (SSSR count). The fourth-order valence-electron chi connectivity index (χ4n) is 4.79. The van der Waals surface area contributed by atoms with Crippen molar-refractivity contribution in [3.05, 3.63) is 65.7 Å². The summed E-state index contributed by atoms with van der Waals surface area (Å²) in [5, 5.41) is 12.3. The van der Waals surface area contributed by atoms with Crippen molar-refractivity contribution in [3.8, 4) is 5.75 Å². The molecule has 0 spiro atoms. The van der Waals surface area contributed by atoms with E-state index in [1.165, 1.54) is 24.8 Å². The van der Waals surface area contributed by atoms with Gasteiger partial charge in [-0.05, 0) is 62.5 Å². The van der Waals surface area contributed by atoms with Gasteiger partial charge in [-0.2, -0.15) is 0 Å². The van der Waals surface area contributed by atoms with Crippen LogP contribution in [0.1, 0.15) is 75.8 Å². The molecule has 3 nitrogen and oxygen atoms in total. The van der Waals surface area contributed by atoms with Gasteiger partial charge in [-0.1, -0.05) is 75.1 Å². The zero-order valence-corrected chi connectivity index (χ0v) is 18.9. The van der Waals surface area contributed by atoms with Crippen LogP contribution in [0.3, 0.4) is 0 Å². The van der Waals surface area contributed by atoms with Crippen molar-refractivity contribution in [2.45, 2.75) is 70.3 Å². The number of likely N-dealkylation sites (tertiary alicyclic amines) is 1. The van der Waals surface area contributed by atoms with Gasteiger partial charge < -0.3 is 14.7 Å². The van der Waals surface area contributed by atoms with E-state index in [0.717, 1.165) is 56.6 Å². The minimum Gasteiger partial charge on any atom is -0.494 e. The van der Waals surface area contributed by atoms with E-state index in [1.54, 1.807) is 0 Å². The second kappa shape index (κ2) is 11.5. The van der Waals surface area contributed by atoms with E-state index in [9.17, 15) is 5.11 Å². The number of hydrogen-bond donors (Lipinski definition) is 1. The molecule has 0 amide bonds. The Morgan fingerprint density at radius 2 is 1.63 bits per heavy atom. The molecule has 1 aliphatic rings. The first-order chi connectivity index (χ1) is 14.7. The molecule has 0 saturated carbocycles. The summed E-state index contributed by atoms with van der Waals surface area (Å²) in [5.74, 6) is 0.913. The number of unbranched alkanes of at least 4 members (excludes halogenated alkanes) is 2. The van der Waals surface area contributed by atoms with Crippen LogP contribution >= 0.6 is 0 Å². The predicted molar refractivity (Wildman–Crippen MR) is 125 cm³/mol. The number of nitrogens with zero attached hydrogens (tertiary/aromatic N) is 1. The second-order valence-electron chi connectivity index (χ2n) is 8.66. The molecule has 30 heavy (non-hydrogen) atoms. The molecular formula is C27H39NO2. The molecular weight excluding hydrogens is 370 g/mol. The topological polar surface area (TPSA) is 32.7 Å². The zero-order chi connectivity index (χ0) is 21.2. The van der Waals surface area contributed by atoms with Crippen LogP contribution in [0.2, 0.25) is 0 Å². The normalized spacial score (nSPS) is 18.0. The van der Waals surface area contributed by atoms with E-state index in [1.807, 2.05) is 19.1 Å². The molecule has 0 radical (unpaired) electrons. The molecule has 164 valence electrons. The molecule has 1 heterocycles. The number of ether oxygens (including phenoxy) is 1. The third-order valence-electron chi connectivity index (χ3n) is 6.49. The summed E-state index contributed by atoms with van der Waals surface area (Å²) in [6.07, 6.45) is 7.96. The molecule has 1 fully saturated rings. The van der Waals surface area contributed by atoms with Gasteiger partial charge in [-0.3, -0.25) is 0 Å². The molecule has 1 saturated heterocycles. The summed E-state index contributed by atoms with van der Waals surface area (Å²) < 4.78 is 5.65. The SMILES string of the molecule is CCCCC[C@@](O)(c1ccc(OCC)cc1)[C@@H](CN1CCCCC1)c1ccccc1. The minimum absolute atomic E-state index is 0.0478. The van der Waals surface area contributed by atoms with Crippen LogP contribution in [0.5, 0.6) is 5.75 Å². The van der Waals surface area contributed by atoms with Gasteiger partial charge in [0, 0.05) is 12.5 Å². The Hall–Kier alpha value is -1.84. The van der Waals surface area contributed by atoms with Gasteiger partial charge in [-0.25, -0.2) is 0 Å². The first-order valence-electron chi connectivity index (χ1n) is 11.9. The van der Waals surface area contributed by atoms with E-state index in [4.69, 9.17) is 4.74 Å². The van der Waals surface area contributed by atoms with Gasteiger partial charge in [0.1, 0.15) is 5.75 Å². The van der Waals surface area contributed by atoms with Gasteiger partial charge in [-0.15, -0.1) is 0 Å². The lowest BCUT2D eigenvalue weighted by molar-refractivity contribution is -0.0167. The highest BCUT2D eigenvalue weighted by Gasteiger charge is 2.40. The van der Waals surface area contributed by atoms with Gasteiger partial charge in [0.05, 0.1) is 12.2 Å². The number of piperidine rings is 1. The second-order valence-corrected chi connectivity index (χ2v) is 8.66. The Labute approximate surface area is 183 Å². The van der Waals surface area contributed by atoms with Crippen molar-refractivity contribution in [2.24, 2.45) is 0 Å². The summed E-state index contributed by atoms with van der Waals surface area (Å²) in [6.45, 7) is 8.05. The predicted octanol–water partition coefficient (Wildman–Crippen LogP) is 6.12. The first-order valence-corrected chi connectivity index (χ1v) is 11.9. The van der Waals surface area contributed by atoms with Crippen molar-refractivity contribution in [1.82, 2.24) is 4.90 Å². The smallest absolute Gasteiger partial charge is 0.119 e. The summed E-state index contributed by atoms with van der Waals surface area (Å²) in [7, 11) is 0. The van der Waals surface area contributed by atoms with Crippen LogP contribution in [0.15, 0.2) is 54.6 Å². The van der Waals surface area contributed by atoms with E-state index < -0.39 is 5.60 Å². The first kappa shape index (κ1) is 22.8. The van der Waals surface area contributed by atoms with Crippen LogP contribution in [-0.4, -0.2) is 36.2 Å². The van der Waals surface area contributed by atoms with Crippen LogP contribution in [0, 0.1) is 0 Å². The maximum absolute atomic E-state index is 12.3. The Morgan fingerprint density at radius 1 is 0.933 bits per heavy atom.